The zero-order valence-corrected chi connectivity index (χ0v) is 10.6. The maximum Gasteiger partial charge on any atom is 0.249 e. The molecule has 0 radical (unpaired) electrons. The molecule has 1 aromatic rings. The van der Waals surface area contributed by atoms with Gasteiger partial charge in [-0.2, -0.15) is 0 Å². The van der Waals surface area contributed by atoms with Gasteiger partial charge in [0.1, 0.15) is 11.9 Å². The highest BCUT2D eigenvalue weighted by Crippen LogP contribution is 2.25. The Labute approximate surface area is 110 Å². The van der Waals surface area contributed by atoms with Crippen LogP contribution in [0.1, 0.15) is 18.9 Å². The summed E-state index contributed by atoms with van der Waals surface area (Å²) in [6.45, 7) is 2.04. The number of benzene rings is 1. The van der Waals surface area contributed by atoms with E-state index in [-0.39, 0.29) is 24.7 Å². The van der Waals surface area contributed by atoms with Gasteiger partial charge in [0.25, 0.3) is 0 Å². The van der Waals surface area contributed by atoms with Crippen molar-refractivity contribution < 1.29 is 14.0 Å². The van der Waals surface area contributed by atoms with Crippen LogP contribution in [-0.4, -0.2) is 24.4 Å². The van der Waals surface area contributed by atoms with E-state index in [0.29, 0.717) is 12.0 Å². The molecule has 2 rings (SSSR count). The molecule has 3 N–H and O–H groups in total. The van der Waals surface area contributed by atoms with Crippen molar-refractivity contribution in [2.45, 2.75) is 25.9 Å². The minimum Gasteiger partial charge on any atom is -0.348 e. The first-order valence-electron chi connectivity index (χ1n) is 6.15. The lowest BCUT2D eigenvalue weighted by atomic mass is 10.1. The largest absolute Gasteiger partial charge is 0.348 e. The number of carbonyl (C=O) groups excluding carboxylic acids is 2. The van der Waals surface area contributed by atoms with Crippen molar-refractivity contribution in [1.29, 1.82) is 0 Å². The quantitative estimate of drug-likeness (QED) is 0.782. The standard InChI is InChI=1S/C13H16FN3O2/c1-2-10-13(19)16-12(18)7-17(10)11-4-3-8(6-15)5-9(11)14/h3-5,10H,2,6-7,15H2,1H3,(H,16,18,19). The van der Waals surface area contributed by atoms with Crippen LogP contribution in [0.3, 0.4) is 0 Å². The zero-order valence-electron chi connectivity index (χ0n) is 10.6. The number of piperazine rings is 1. The predicted molar refractivity (Wildman–Crippen MR) is 68.9 cm³/mol. The average Bonchev–Trinajstić information content (AvgIpc) is 2.37. The molecular formula is C13H16FN3O2. The lowest BCUT2D eigenvalue weighted by molar-refractivity contribution is -0.132. The van der Waals surface area contributed by atoms with E-state index in [0.717, 1.165) is 0 Å². The number of imide groups is 1. The summed E-state index contributed by atoms with van der Waals surface area (Å²) >= 11 is 0. The van der Waals surface area contributed by atoms with Crippen molar-refractivity contribution >= 4 is 17.5 Å². The average molecular weight is 265 g/mol. The van der Waals surface area contributed by atoms with Gasteiger partial charge in [0, 0.05) is 6.54 Å². The molecule has 0 bridgehead atoms. The Bertz CT molecular complexity index is 519. The smallest absolute Gasteiger partial charge is 0.249 e. The molecule has 0 aromatic heterocycles. The van der Waals surface area contributed by atoms with E-state index < -0.39 is 17.8 Å². The van der Waals surface area contributed by atoms with Crippen molar-refractivity contribution in [2.75, 3.05) is 11.4 Å². The first-order valence-corrected chi connectivity index (χ1v) is 6.15. The second-order valence-corrected chi connectivity index (χ2v) is 4.45. The van der Waals surface area contributed by atoms with Gasteiger partial charge in [0.15, 0.2) is 0 Å². The molecule has 1 fully saturated rings. The zero-order chi connectivity index (χ0) is 14.0. The maximum absolute atomic E-state index is 14.0. The fraction of sp³-hybridized carbons (Fsp3) is 0.385. The van der Waals surface area contributed by atoms with Gasteiger partial charge >= 0.3 is 0 Å². The highest BCUT2D eigenvalue weighted by atomic mass is 19.1. The van der Waals surface area contributed by atoms with Gasteiger partial charge in [-0.3, -0.25) is 14.9 Å². The number of nitrogens with zero attached hydrogens (tertiary/aromatic N) is 1. The molecule has 1 aliphatic rings. The van der Waals surface area contributed by atoms with Crippen LogP contribution in [0, 0.1) is 5.82 Å². The van der Waals surface area contributed by atoms with Crippen LogP contribution in [0.15, 0.2) is 18.2 Å². The lowest BCUT2D eigenvalue weighted by Crippen LogP contribution is -2.58. The Morgan fingerprint density at radius 1 is 1.47 bits per heavy atom. The summed E-state index contributed by atoms with van der Waals surface area (Å²) in [6, 6.07) is 4.06. The fourth-order valence-electron chi connectivity index (χ4n) is 2.24. The molecule has 1 aliphatic heterocycles. The summed E-state index contributed by atoms with van der Waals surface area (Å²) in [4.78, 5) is 24.7. The molecule has 1 unspecified atom stereocenters. The van der Waals surface area contributed by atoms with E-state index in [1.54, 1.807) is 12.1 Å². The Morgan fingerprint density at radius 3 is 2.79 bits per heavy atom. The van der Waals surface area contributed by atoms with Crippen molar-refractivity contribution in [3.05, 3.63) is 29.6 Å². The van der Waals surface area contributed by atoms with Crippen LogP contribution in [-0.2, 0) is 16.1 Å². The van der Waals surface area contributed by atoms with E-state index in [1.165, 1.54) is 11.0 Å². The van der Waals surface area contributed by atoms with Crippen molar-refractivity contribution in [2.24, 2.45) is 5.73 Å². The van der Waals surface area contributed by atoms with Crippen molar-refractivity contribution in [1.82, 2.24) is 5.32 Å². The number of hydrogen-bond acceptors (Lipinski definition) is 4. The van der Waals surface area contributed by atoms with Crippen molar-refractivity contribution in [3.8, 4) is 0 Å². The minimum absolute atomic E-state index is 0.0247. The molecule has 1 saturated heterocycles. The number of amides is 2. The van der Waals surface area contributed by atoms with E-state index >= 15 is 0 Å². The van der Waals surface area contributed by atoms with E-state index in [1.807, 2.05) is 6.92 Å². The Morgan fingerprint density at radius 2 is 2.21 bits per heavy atom. The van der Waals surface area contributed by atoms with Gasteiger partial charge in [0.2, 0.25) is 11.8 Å². The van der Waals surface area contributed by atoms with Gasteiger partial charge in [-0.1, -0.05) is 13.0 Å². The Kier molecular flexibility index (Phi) is 3.80. The van der Waals surface area contributed by atoms with Gasteiger partial charge in [-0.15, -0.1) is 0 Å². The number of anilines is 1. The molecule has 0 saturated carbocycles. The molecular weight excluding hydrogens is 249 g/mol. The number of halogens is 1. The van der Waals surface area contributed by atoms with Crippen LogP contribution >= 0.6 is 0 Å². The van der Waals surface area contributed by atoms with Gasteiger partial charge in [-0.05, 0) is 24.1 Å². The molecule has 102 valence electrons. The third-order valence-corrected chi connectivity index (χ3v) is 3.20. The van der Waals surface area contributed by atoms with E-state index in [2.05, 4.69) is 5.32 Å². The number of hydrogen-bond donors (Lipinski definition) is 2. The second-order valence-electron chi connectivity index (χ2n) is 4.45. The first-order chi connectivity index (χ1) is 9.06. The number of carbonyl (C=O) groups is 2. The Hall–Kier alpha value is -1.95. The van der Waals surface area contributed by atoms with Crippen LogP contribution in [0.25, 0.3) is 0 Å². The fourth-order valence-corrected chi connectivity index (χ4v) is 2.24. The minimum atomic E-state index is -0.532. The summed E-state index contributed by atoms with van der Waals surface area (Å²) in [5.41, 5.74) is 6.37. The first kappa shape index (κ1) is 13.5. The van der Waals surface area contributed by atoms with Crippen LogP contribution < -0.4 is 16.0 Å². The predicted octanol–water partition coefficient (Wildman–Crippen LogP) is 0.526. The van der Waals surface area contributed by atoms with E-state index in [4.69, 9.17) is 5.73 Å². The Balaban J connectivity index is 2.37. The van der Waals surface area contributed by atoms with Crippen LogP contribution in [0.2, 0.25) is 0 Å². The van der Waals surface area contributed by atoms with Gasteiger partial charge < -0.3 is 10.6 Å². The number of rotatable bonds is 3. The van der Waals surface area contributed by atoms with E-state index in [9.17, 15) is 14.0 Å². The van der Waals surface area contributed by atoms with Crippen LogP contribution in [0.4, 0.5) is 10.1 Å². The topological polar surface area (TPSA) is 75.4 Å². The second kappa shape index (κ2) is 5.36. The summed E-state index contributed by atoms with van der Waals surface area (Å²) in [6.07, 6.45) is 0.497. The normalized spacial score (nSPS) is 19.5. The van der Waals surface area contributed by atoms with Gasteiger partial charge in [0.05, 0.1) is 12.2 Å². The summed E-state index contributed by atoms with van der Waals surface area (Å²) in [7, 11) is 0. The lowest BCUT2D eigenvalue weighted by Gasteiger charge is -2.35. The molecule has 5 nitrogen and oxygen atoms in total. The molecule has 6 heteroatoms. The molecule has 0 spiro atoms. The highest BCUT2D eigenvalue weighted by Gasteiger charge is 2.33. The van der Waals surface area contributed by atoms with Crippen LogP contribution in [0.5, 0.6) is 0 Å². The monoisotopic (exact) mass is 265 g/mol. The number of nitrogens with one attached hydrogen (secondary N) is 1. The highest BCUT2D eigenvalue weighted by molar-refractivity contribution is 6.04. The molecule has 1 atom stereocenters. The number of nitrogens with two attached hydrogens (primary N) is 1. The molecule has 0 aliphatic carbocycles. The molecule has 19 heavy (non-hydrogen) atoms. The third kappa shape index (κ3) is 2.58. The third-order valence-electron chi connectivity index (χ3n) is 3.20. The molecule has 1 heterocycles. The summed E-state index contributed by atoms with van der Waals surface area (Å²) in [5, 5.41) is 2.26. The molecule has 1 aromatic carbocycles. The summed E-state index contributed by atoms with van der Waals surface area (Å²) in [5.74, 6) is -1.28. The van der Waals surface area contributed by atoms with Gasteiger partial charge in [-0.25, -0.2) is 4.39 Å². The summed E-state index contributed by atoms with van der Waals surface area (Å²) < 4.78 is 14.0. The molecule has 2 amide bonds. The maximum atomic E-state index is 14.0. The SMILES string of the molecule is CCC1C(=O)NC(=O)CN1c1ccc(CN)cc1F. The van der Waals surface area contributed by atoms with Crippen molar-refractivity contribution in [3.63, 3.8) is 0 Å².